The van der Waals surface area contributed by atoms with Crippen LogP contribution in [0.1, 0.15) is 47.5 Å². The zero-order chi connectivity index (χ0) is 24.3. The topological polar surface area (TPSA) is 69.9 Å². The molecule has 33 heavy (non-hydrogen) atoms. The Bertz CT molecular complexity index is 1140. The minimum absolute atomic E-state index is 0.0108. The molecule has 0 unspecified atom stereocenters. The molecule has 2 aromatic rings. The second-order valence-corrected chi connectivity index (χ2v) is 8.52. The van der Waals surface area contributed by atoms with E-state index in [4.69, 9.17) is 17.0 Å². The van der Waals surface area contributed by atoms with Crippen LogP contribution in [0.5, 0.6) is 0 Å². The Morgan fingerprint density at radius 1 is 1.24 bits per heavy atom. The highest BCUT2D eigenvalue weighted by atomic mass is 35.5. The number of hydrogen-bond acceptors (Lipinski definition) is 5. The highest BCUT2D eigenvalue weighted by Crippen LogP contribution is 2.34. The van der Waals surface area contributed by atoms with E-state index >= 15 is 0 Å². The fraction of sp³-hybridized carbons (Fsp3) is 0.333. The minimum Gasteiger partial charge on any atom is -0.363 e. The van der Waals surface area contributed by atoms with E-state index in [1.807, 2.05) is 0 Å². The van der Waals surface area contributed by atoms with E-state index in [1.165, 1.54) is 18.5 Å². The highest BCUT2D eigenvalue weighted by molar-refractivity contribution is 6.44. The fourth-order valence-electron chi connectivity index (χ4n) is 3.63. The number of Topliss-reactive ketones (excluding diaryl/α,β-unsaturated/α-hetero) is 1. The minimum atomic E-state index is -4.46. The van der Waals surface area contributed by atoms with Crippen LogP contribution in [-0.4, -0.2) is 33.4 Å². The zero-order valence-corrected chi connectivity index (χ0v) is 19.3. The summed E-state index contributed by atoms with van der Waals surface area (Å²) in [6, 6.07) is 4.20. The van der Waals surface area contributed by atoms with E-state index in [9.17, 15) is 18.0 Å². The summed E-state index contributed by atoms with van der Waals surface area (Å²) in [6.45, 7) is 5.87. The van der Waals surface area contributed by atoms with Crippen molar-refractivity contribution < 1.29 is 18.0 Å². The average molecular weight is 477 g/mol. The van der Waals surface area contributed by atoms with Gasteiger partial charge in [0.25, 0.3) is 0 Å². The number of halogens is 4. The molecule has 1 aliphatic rings. The molecule has 9 heteroatoms. The first-order valence-corrected chi connectivity index (χ1v) is 10.8. The summed E-state index contributed by atoms with van der Waals surface area (Å²) < 4.78 is 40.3. The third kappa shape index (κ3) is 5.50. The molecule has 2 heterocycles. The molecule has 1 N–H and O–H groups in total. The average Bonchev–Trinajstić information content (AvgIpc) is 2.77. The quantitative estimate of drug-likeness (QED) is 0.431. The number of allylic oxidation sites excluding steroid dienone is 2. The molecule has 0 saturated heterocycles. The summed E-state index contributed by atoms with van der Waals surface area (Å²) in [5, 5.41) is 7.75. The summed E-state index contributed by atoms with van der Waals surface area (Å²) in [4.78, 5) is 22.7. The normalized spacial score (nSPS) is 15.0. The predicted molar refractivity (Wildman–Crippen MR) is 123 cm³/mol. The molecule has 0 fully saturated rings. The highest BCUT2D eigenvalue weighted by Gasteiger charge is 2.33. The Morgan fingerprint density at radius 3 is 2.61 bits per heavy atom. The molecule has 0 spiro atoms. The lowest BCUT2D eigenvalue weighted by atomic mass is 9.99. The van der Waals surface area contributed by atoms with Gasteiger partial charge in [-0.25, -0.2) is 9.97 Å². The van der Waals surface area contributed by atoms with Crippen molar-refractivity contribution in [3.05, 3.63) is 68.9 Å². The van der Waals surface area contributed by atoms with Crippen molar-refractivity contribution in [2.75, 3.05) is 6.54 Å². The van der Waals surface area contributed by atoms with Crippen LogP contribution in [0.15, 0.2) is 35.3 Å². The Hall–Kier alpha value is -3.00. The largest absolute Gasteiger partial charge is 0.416 e. The van der Waals surface area contributed by atoms with Crippen molar-refractivity contribution in [2.45, 2.75) is 39.9 Å². The van der Waals surface area contributed by atoms with E-state index in [0.717, 1.165) is 17.8 Å². The van der Waals surface area contributed by atoms with Gasteiger partial charge in [-0.2, -0.15) is 13.2 Å². The molecule has 0 radical (unpaired) electrons. The number of benzene rings is 1. The van der Waals surface area contributed by atoms with Crippen LogP contribution in [0.25, 0.3) is 12.2 Å². The Labute approximate surface area is 195 Å². The Balaban J connectivity index is 1.92. The van der Waals surface area contributed by atoms with Gasteiger partial charge in [0.1, 0.15) is 11.4 Å². The lowest BCUT2D eigenvalue weighted by molar-refractivity contribution is -0.137. The molecule has 1 aliphatic heterocycles. The van der Waals surface area contributed by atoms with Gasteiger partial charge in [-0.3, -0.25) is 4.79 Å². The Morgan fingerprint density at radius 2 is 1.97 bits per heavy atom. The first-order chi connectivity index (χ1) is 15.5. The summed E-state index contributed by atoms with van der Waals surface area (Å²) in [5.41, 5.74) is 2.26. The third-order valence-electron chi connectivity index (χ3n) is 5.42. The maximum atomic E-state index is 13.4. The number of aryl methyl sites for hydroxylation is 1. The van der Waals surface area contributed by atoms with E-state index in [2.05, 4.69) is 9.97 Å². The summed E-state index contributed by atoms with van der Waals surface area (Å²) in [7, 11) is 0. The number of nitrogens with zero attached hydrogens (tertiary/aromatic N) is 3. The van der Waals surface area contributed by atoms with Gasteiger partial charge in [0.05, 0.1) is 29.2 Å². The van der Waals surface area contributed by atoms with E-state index in [0.29, 0.717) is 42.2 Å². The van der Waals surface area contributed by atoms with Crippen molar-refractivity contribution in [1.29, 1.82) is 5.41 Å². The number of alkyl halides is 3. The lowest BCUT2D eigenvalue weighted by Gasteiger charge is -2.31. The first-order valence-electron chi connectivity index (χ1n) is 10.4. The van der Waals surface area contributed by atoms with Crippen molar-refractivity contribution >= 4 is 35.8 Å². The lowest BCUT2D eigenvalue weighted by Crippen LogP contribution is -2.33. The van der Waals surface area contributed by atoms with Gasteiger partial charge in [-0.05, 0) is 31.1 Å². The molecule has 0 atom stereocenters. The fourth-order valence-corrected chi connectivity index (χ4v) is 4.02. The molecule has 5 nitrogen and oxygen atoms in total. The van der Waals surface area contributed by atoms with Crippen molar-refractivity contribution in [3.8, 4) is 0 Å². The molecule has 0 bridgehead atoms. The maximum absolute atomic E-state index is 13.4. The monoisotopic (exact) mass is 476 g/mol. The first kappa shape index (κ1) is 24.6. The molecular weight excluding hydrogens is 453 g/mol. The van der Waals surface area contributed by atoms with Crippen molar-refractivity contribution in [2.24, 2.45) is 5.92 Å². The van der Waals surface area contributed by atoms with Crippen molar-refractivity contribution in [1.82, 2.24) is 14.9 Å². The van der Waals surface area contributed by atoms with Crippen LogP contribution in [0.3, 0.4) is 0 Å². The van der Waals surface area contributed by atoms with Crippen LogP contribution in [0, 0.1) is 18.3 Å². The molecule has 1 aromatic heterocycles. The van der Waals surface area contributed by atoms with Crippen LogP contribution in [0.4, 0.5) is 13.2 Å². The summed E-state index contributed by atoms with van der Waals surface area (Å²) >= 11 is 6.27. The number of fused-ring (bicyclic) bond motifs is 1. The molecule has 0 aliphatic carbocycles. The Kier molecular flexibility index (Phi) is 7.37. The number of carbonyl (C=O) groups is 1. The van der Waals surface area contributed by atoms with Crippen LogP contribution >= 0.6 is 11.6 Å². The second-order valence-electron chi connectivity index (χ2n) is 8.14. The van der Waals surface area contributed by atoms with Gasteiger partial charge >= 0.3 is 6.18 Å². The summed E-state index contributed by atoms with van der Waals surface area (Å²) in [6.07, 6.45) is 1.44. The second kappa shape index (κ2) is 9.87. The van der Waals surface area contributed by atoms with Gasteiger partial charge in [-0.15, -0.1) is 0 Å². The van der Waals surface area contributed by atoms with Gasteiger partial charge in [0.15, 0.2) is 5.78 Å². The summed E-state index contributed by atoms with van der Waals surface area (Å²) in [5.74, 6) is -0.544. The zero-order valence-electron chi connectivity index (χ0n) is 18.5. The van der Waals surface area contributed by atoms with E-state index in [1.54, 1.807) is 37.8 Å². The molecule has 174 valence electrons. The number of rotatable bonds is 6. The van der Waals surface area contributed by atoms with Gasteiger partial charge in [0.2, 0.25) is 0 Å². The maximum Gasteiger partial charge on any atom is 0.416 e. The smallest absolute Gasteiger partial charge is 0.363 e. The van der Waals surface area contributed by atoms with E-state index in [-0.39, 0.29) is 22.3 Å². The predicted octanol–water partition coefficient (Wildman–Crippen LogP) is 5.66. The third-order valence-corrected chi connectivity index (χ3v) is 5.80. The van der Waals surface area contributed by atoms with Gasteiger partial charge in [-0.1, -0.05) is 49.2 Å². The number of nitrogens with one attached hydrogen (secondary N) is 1. The molecule has 1 aromatic carbocycles. The molecule has 0 saturated carbocycles. The van der Waals surface area contributed by atoms with E-state index < -0.39 is 11.7 Å². The van der Waals surface area contributed by atoms with Crippen LogP contribution in [-0.2, 0) is 23.9 Å². The standard InChI is InChI=1S/C24H24ClF3N4O/c1-14(2)23(33)22(25)21(11-29)32-9-8-17-19(30-13-31-20(17)12-32)7-6-16-5-4-15(3)10-18(16)24(26,27)28/h4-7,10-11,13-14,29H,8-9,12H2,1-3H3/b7-6+,22-21-,29-11?. The number of hydrogen-bond donors (Lipinski definition) is 1. The van der Waals surface area contributed by atoms with Gasteiger partial charge < -0.3 is 10.3 Å². The molecular formula is C24H24ClF3N4O. The van der Waals surface area contributed by atoms with Crippen molar-refractivity contribution in [3.63, 3.8) is 0 Å². The number of carbonyl (C=O) groups excluding carboxylic acids is 1. The SMILES string of the molecule is Cc1ccc(/C=C/c2ncnc3c2CCN(/C(C=N)=C(\Cl)C(=O)C(C)C)C3)c(C(F)(F)F)c1. The van der Waals surface area contributed by atoms with Crippen LogP contribution in [0.2, 0.25) is 0 Å². The van der Waals surface area contributed by atoms with Gasteiger partial charge in [0, 0.05) is 24.2 Å². The molecule has 3 rings (SSSR count). The van der Waals surface area contributed by atoms with Crippen LogP contribution < -0.4 is 0 Å². The number of ketones is 1. The molecule has 0 amide bonds. The number of aromatic nitrogens is 2.